The molecule has 0 aliphatic rings. The second-order valence-corrected chi connectivity index (χ2v) is 7.96. The fourth-order valence-corrected chi connectivity index (χ4v) is 4.35. The van der Waals surface area contributed by atoms with Gasteiger partial charge in [0.25, 0.3) is 0 Å². The highest BCUT2D eigenvalue weighted by molar-refractivity contribution is 7.99. The smallest absolute Gasteiger partial charge is 0.343 e. The molecule has 4 rings (SSSR count). The number of anilines is 1. The topological polar surface area (TPSA) is 112 Å². The molecule has 9 nitrogen and oxygen atoms in total. The van der Waals surface area contributed by atoms with Crippen LogP contribution in [0.15, 0.2) is 71.0 Å². The SMILES string of the molecule is COc1ccc(CCNc2ncnc(Sc3cccc4cccnc34)c2[N+](=O)[O-])cc1OC. The number of ether oxygens (including phenoxy) is 2. The molecular weight excluding hydrogens is 442 g/mol. The Kier molecular flexibility index (Phi) is 6.84. The zero-order valence-corrected chi connectivity index (χ0v) is 18.8. The van der Waals surface area contributed by atoms with Crippen LogP contribution in [0.4, 0.5) is 11.5 Å². The lowest BCUT2D eigenvalue weighted by Gasteiger charge is -2.11. The summed E-state index contributed by atoms with van der Waals surface area (Å²) in [6.45, 7) is 0.438. The van der Waals surface area contributed by atoms with E-state index in [1.54, 1.807) is 20.4 Å². The molecule has 33 heavy (non-hydrogen) atoms. The normalized spacial score (nSPS) is 10.7. The van der Waals surface area contributed by atoms with Crippen LogP contribution in [-0.2, 0) is 6.42 Å². The van der Waals surface area contributed by atoms with Crippen LogP contribution in [0.25, 0.3) is 10.9 Å². The van der Waals surface area contributed by atoms with Gasteiger partial charge in [0.15, 0.2) is 16.5 Å². The second kappa shape index (κ2) is 10.1. The van der Waals surface area contributed by atoms with Gasteiger partial charge in [0.1, 0.15) is 6.33 Å². The number of nitro groups is 1. The summed E-state index contributed by atoms with van der Waals surface area (Å²) in [5.41, 5.74) is 1.59. The van der Waals surface area contributed by atoms with Crippen molar-refractivity contribution < 1.29 is 14.4 Å². The molecule has 10 heteroatoms. The van der Waals surface area contributed by atoms with Crippen LogP contribution in [0, 0.1) is 10.1 Å². The van der Waals surface area contributed by atoms with E-state index < -0.39 is 4.92 Å². The van der Waals surface area contributed by atoms with E-state index in [-0.39, 0.29) is 16.5 Å². The van der Waals surface area contributed by atoms with E-state index in [9.17, 15) is 10.1 Å². The molecule has 2 aromatic heterocycles. The summed E-state index contributed by atoms with van der Waals surface area (Å²) in [5, 5.41) is 16.2. The molecule has 0 saturated carbocycles. The van der Waals surface area contributed by atoms with Gasteiger partial charge in [0.05, 0.1) is 24.7 Å². The maximum atomic E-state index is 11.9. The number of para-hydroxylation sites is 1. The van der Waals surface area contributed by atoms with Gasteiger partial charge in [0.2, 0.25) is 5.82 Å². The van der Waals surface area contributed by atoms with E-state index in [1.165, 1.54) is 18.1 Å². The zero-order chi connectivity index (χ0) is 23.2. The number of fused-ring (bicyclic) bond motifs is 1. The second-order valence-electron chi connectivity index (χ2n) is 6.93. The summed E-state index contributed by atoms with van der Waals surface area (Å²) in [4.78, 5) is 25.0. The van der Waals surface area contributed by atoms with Crippen LogP contribution in [-0.4, -0.2) is 40.6 Å². The van der Waals surface area contributed by atoms with Gasteiger partial charge >= 0.3 is 5.69 Å². The zero-order valence-electron chi connectivity index (χ0n) is 18.0. The summed E-state index contributed by atoms with van der Waals surface area (Å²) in [6.07, 6.45) is 3.63. The molecule has 168 valence electrons. The number of methoxy groups -OCH3 is 2. The summed E-state index contributed by atoms with van der Waals surface area (Å²) in [7, 11) is 3.16. The summed E-state index contributed by atoms with van der Waals surface area (Å²) >= 11 is 1.20. The molecule has 0 aliphatic carbocycles. The van der Waals surface area contributed by atoms with Crippen LogP contribution < -0.4 is 14.8 Å². The molecule has 2 aromatic carbocycles. The molecule has 0 radical (unpaired) electrons. The van der Waals surface area contributed by atoms with Crippen LogP contribution in [0.3, 0.4) is 0 Å². The number of benzene rings is 2. The molecule has 0 spiro atoms. The van der Waals surface area contributed by atoms with Gasteiger partial charge in [-0.15, -0.1) is 0 Å². The Morgan fingerprint density at radius 1 is 1.03 bits per heavy atom. The van der Waals surface area contributed by atoms with E-state index >= 15 is 0 Å². The minimum atomic E-state index is -0.459. The molecule has 4 aromatic rings. The van der Waals surface area contributed by atoms with Gasteiger partial charge in [-0.2, -0.15) is 0 Å². The summed E-state index contributed by atoms with van der Waals surface area (Å²) < 4.78 is 10.6. The Morgan fingerprint density at radius 2 is 1.85 bits per heavy atom. The van der Waals surface area contributed by atoms with Crippen molar-refractivity contribution in [2.75, 3.05) is 26.1 Å². The maximum Gasteiger partial charge on any atom is 0.343 e. The first-order chi connectivity index (χ1) is 16.1. The van der Waals surface area contributed by atoms with E-state index in [0.29, 0.717) is 24.5 Å². The Balaban J connectivity index is 1.55. The number of rotatable bonds is 9. The molecule has 0 bridgehead atoms. The predicted molar refractivity (Wildman–Crippen MR) is 126 cm³/mol. The quantitative estimate of drug-likeness (QED) is 0.213. The highest BCUT2D eigenvalue weighted by Crippen LogP contribution is 2.38. The highest BCUT2D eigenvalue weighted by Gasteiger charge is 2.24. The van der Waals surface area contributed by atoms with E-state index in [4.69, 9.17) is 9.47 Å². The fourth-order valence-electron chi connectivity index (χ4n) is 3.36. The average molecular weight is 464 g/mol. The van der Waals surface area contributed by atoms with E-state index in [1.807, 2.05) is 48.5 Å². The Labute approximate surface area is 194 Å². The number of pyridine rings is 1. The first-order valence-corrected chi connectivity index (χ1v) is 10.9. The van der Waals surface area contributed by atoms with Crippen molar-refractivity contribution in [2.24, 2.45) is 0 Å². The minimum Gasteiger partial charge on any atom is -0.493 e. The highest BCUT2D eigenvalue weighted by atomic mass is 32.2. The van der Waals surface area contributed by atoms with Crippen LogP contribution in [0.1, 0.15) is 5.56 Å². The Morgan fingerprint density at radius 3 is 2.64 bits per heavy atom. The van der Waals surface area contributed by atoms with Crippen molar-refractivity contribution in [1.29, 1.82) is 0 Å². The molecule has 0 unspecified atom stereocenters. The Hall–Kier alpha value is -3.92. The number of hydrogen-bond donors (Lipinski definition) is 1. The van der Waals surface area contributed by atoms with Crippen LogP contribution >= 0.6 is 11.8 Å². The largest absolute Gasteiger partial charge is 0.493 e. The van der Waals surface area contributed by atoms with Gasteiger partial charge < -0.3 is 14.8 Å². The van der Waals surface area contributed by atoms with E-state index in [2.05, 4.69) is 20.3 Å². The molecule has 1 N–H and O–H groups in total. The average Bonchev–Trinajstić information content (AvgIpc) is 2.84. The van der Waals surface area contributed by atoms with Crippen molar-refractivity contribution in [2.45, 2.75) is 16.3 Å². The number of nitrogens with zero attached hydrogens (tertiary/aromatic N) is 4. The maximum absolute atomic E-state index is 11.9. The van der Waals surface area contributed by atoms with E-state index in [0.717, 1.165) is 21.4 Å². The lowest BCUT2D eigenvalue weighted by Crippen LogP contribution is -2.10. The fraction of sp³-hybridized carbons (Fsp3) is 0.174. The van der Waals surface area contributed by atoms with Crippen molar-refractivity contribution >= 4 is 34.2 Å². The predicted octanol–water partition coefficient (Wildman–Crippen LogP) is 4.76. The van der Waals surface area contributed by atoms with Crippen LogP contribution in [0.2, 0.25) is 0 Å². The Bertz CT molecular complexity index is 1300. The molecular formula is C23H21N5O4S. The molecule has 0 amide bonds. The van der Waals surface area contributed by atoms with Gasteiger partial charge in [-0.25, -0.2) is 9.97 Å². The van der Waals surface area contributed by atoms with Crippen molar-refractivity contribution in [3.8, 4) is 11.5 Å². The molecule has 0 fully saturated rings. The third-order valence-corrected chi connectivity index (χ3v) is 5.97. The molecule has 0 aliphatic heterocycles. The van der Waals surface area contributed by atoms with Gasteiger partial charge in [-0.1, -0.05) is 36.0 Å². The lowest BCUT2D eigenvalue weighted by atomic mass is 10.1. The van der Waals surface area contributed by atoms with Crippen molar-refractivity contribution in [1.82, 2.24) is 15.0 Å². The third-order valence-electron chi connectivity index (χ3n) is 4.93. The standard InChI is InChI=1S/C23H21N5O4S/c1-31-17-9-8-15(13-18(17)32-2)10-12-25-22-21(28(29)30)23(27-14-26-22)33-19-7-3-5-16-6-4-11-24-20(16)19/h3-9,11,13-14H,10,12H2,1-2H3,(H,25,26,27). The molecule has 2 heterocycles. The van der Waals surface area contributed by atoms with Crippen LogP contribution in [0.5, 0.6) is 11.5 Å². The molecule has 0 saturated heterocycles. The van der Waals surface area contributed by atoms with Gasteiger partial charge in [-0.3, -0.25) is 15.1 Å². The lowest BCUT2D eigenvalue weighted by molar-refractivity contribution is -0.387. The third kappa shape index (κ3) is 4.96. The monoisotopic (exact) mass is 463 g/mol. The van der Waals surface area contributed by atoms with Gasteiger partial charge in [-0.05, 0) is 36.2 Å². The number of aromatic nitrogens is 3. The minimum absolute atomic E-state index is 0.164. The van der Waals surface area contributed by atoms with Gasteiger partial charge in [0, 0.05) is 23.0 Å². The van der Waals surface area contributed by atoms with Crippen molar-refractivity contribution in [3.63, 3.8) is 0 Å². The van der Waals surface area contributed by atoms with Crippen molar-refractivity contribution in [3.05, 3.63) is 76.7 Å². The first kappa shape index (κ1) is 22.3. The molecule has 0 atom stereocenters. The summed E-state index contributed by atoms with van der Waals surface area (Å²) in [6, 6.07) is 15.1. The number of nitrogens with one attached hydrogen (secondary N) is 1. The number of hydrogen-bond acceptors (Lipinski definition) is 9. The first-order valence-electron chi connectivity index (χ1n) is 10.1. The summed E-state index contributed by atoms with van der Waals surface area (Å²) in [5.74, 6) is 1.45.